The standard InChI is InChI=1S/C21H27F5/c1-2-3-4-5-6-15-7-9-16(10-8-15)11-12-17-13-18(22)20(19(23)14-17)21(24,25)26/h3-4,13-16H,2,5-12H2,1H3/b4-3+. The van der Waals surface area contributed by atoms with E-state index in [4.69, 9.17) is 0 Å². The molecule has 146 valence electrons. The Kier molecular flexibility index (Phi) is 7.66. The summed E-state index contributed by atoms with van der Waals surface area (Å²) in [5.41, 5.74) is -1.49. The first-order chi connectivity index (χ1) is 12.3. The topological polar surface area (TPSA) is 0 Å². The van der Waals surface area contributed by atoms with Crippen LogP contribution in [-0.2, 0) is 12.6 Å². The lowest BCUT2D eigenvalue weighted by Crippen LogP contribution is -2.15. The number of alkyl halides is 3. The average molecular weight is 374 g/mol. The van der Waals surface area contributed by atoms with Gasteiger partial charge in [0.15, 0.2) is 0 Å². The summed E-state index contributed by atoms with van der Waals surface area (Å²) in [6.45, 7) is 2.12. The van der Waals surface area contributed by atoms with Crippen LogP contribution in [0.4, 0.5) is 22.0 Å². The van der Waals surface area contributed by atoms with Gasteiger partial charge in [-0.2, -0.15) is 13.2 Å². The normalized spacial score (nSPS) is 21.5. The summed E-state index contributed by atoms with van der Waals surface area (Å²) >= 11 is 0. The maximum atomic E-state index is 13.6. The second-order valence-corrected chi connectivity index (χ2v) is 7.31. The second kappa shape index (κ2) is 9.52. The molecule has 0 N–H and O–H groups in total. The minimum absolute atomic E-state index is 0.305. The zero-order chi connectivity index (χ0) is 19.2. The van der Waals surface area contributed by atoms with Crippen LogP contribution in [0, 0.1) is 23.5 Å². The highest BCUT2D eigenvalue weighted by Gasteiger charge is 2.37. The van der Waals surface area contributed by atoms with Crippen molar-refractivity contribution in [2.75, 3.05) is 0 Å². The van der Waals surface area contributed by atoms with Gasteiger partial charge in [-0.05, 0) is 61.6 Å². The van der Waals surface area contributed by atoms with Gasteiger partial charge in [0.25, 0.3) is 0 Å². The van der Waals surface area contributed by atoms with Crippen molar-refractivity contribution in [3.05, 3.63) is 47.0 Å². The Balaban J connectivity index is 1.81. The molecule has 26 heavy (non-hydrogen) atoms. The highest BCUT2D eigenvalue weighted by molar-refractivity contribution is 5.28. The maximum Gasteiger partial charge on any atom is 0.422 e. The molecule has 0 bridgehead atoms. The molecule has 0 unspecified atom stereocenters. The molecule has 0 radical (unpaired) electrons. The van der Waals surface area contributed by atoms with E-state index in [1.165, 1.54) is 19.3 Å². The maximum absolute atomic E-state index is 13.6. The zero-order valence-corrected chi connectivity index (χ0v) is 15.2. The van der Waals surface area contributed by atoms with E-state index in [1.807, 2.05) is 0 Å². The fourth-order valence-corrected chi connectivity index (χ4v) is 3.84. The van der Waals surface area contributed by atoms with Crippen LogP contribution < -0.4 is 0 Å². The fourth-order valence-electron chi connectivity index (χ4n) is 3.84. The smallest absolute Gasteiger partial charge is 0.206 e. The summed E-state index contributed by atoms with van der Waals surface area (Å²) in [7, 11) is 0. The first-order valence-electron chi connectivity index (χ1n) is 9.51. The largest absolute Gasteiger partial charge is 0.422 e. The highest BCUT2D eigenvalue weighted by Crippen LogP contribution is 2.36. The number of benzene rings is 1. The third-order valence-electron chi connectivity index (χ3n) is 5.34. The first kappa shape index (κ1) is 20.9. The molecule has 0 aromatic heterocycles. The van der Waals surface area contributed by atoms with Crippen molar-refractivity contribution in [2.24, 2.45) is 11.8 Å². The Hall–Kier alpha value is -1.39. The van der Waals surface area contributed by atoms with Gasteiger partial charge in [-0.15, -0.1) is 0 Å². The van der Waals surface area contributed by atoms with Crippen LogP contribution in [0.5, 0.6) is 0 Å². The summed E-state index contributed by atoms with van der Waals surface area (Å²) in [6.07, 6.45) is 8.52. The van der Waals surface area contributed by atoms with Crippen molar-refractivity contribution in [3.63, 3.8) is 0 Å². The molecule has 1 aliphatic rings. The van der Waals surface area contributed by atoms with Crippen molar-refractivity contribution >= 4 is 0 Å². The van der Waals surface area contributed by atoms with E-state index in [9.17, 15) is 22.0 Å². The average Bonchev–Trinajstić information content (AvgIpc) is 2.56. The van der Waals surface area contributed by atoms with Gasteiger partial charge in [0.2, 0.25) is 0 Å². The second-order valence-electron chi connectivity index (χ2n) is 7.31. The molecule has 2 rings (SSSR count). The molecule has 1 aromatic carbocycles. The summed E-state index contributed by atoms with van der Waals surface area (Å²) in [5.74, 6) is -1.80. The van der Waals surface area contributed by atoms with Crippen LogP contribution in [0.15, 0.2) is 24.3 Å². The molecule has 1 aromatic rings. The molecule has 1 fully saturated rings. The number of halogens is 5. The van der Waals surface area contributed by atoms with Gasteiger partial charge in [0.1, 0.15) is 17.2 Å². The van der Waals surface area contributed by atoms with E-state index < -0.39 is 23.4 Å². The molecule has 1 saturated carbocycles. The van der Waals surface area contributed by atoms with Crippen LogP contribution in [0.2, 0.25) is 0 Å². The Morgan fingerprint density at radius 2 is 1.46 bits per heavy atom. The van der Waals surface area contributed by atoms with E-state index >= 15 is 0 Å². The molecule has 5 heteroatoms. The predicted octanol–water partition coefficient (Wildman–Crippen LogP) is 7.47. The Bertz CT molecular complexity index is 572. The predicted molar refractivity (Wildman–Crippen MR) is 93.8 cm³/mol. The van der Waals surface area contributed by atoms with Crippen molar-refractivity contribution in [3.8, 4) is 0 Å². The lowest BCUT2D eigenvalue weighted by Gasteiger charge is -2.28. The van der Waals surface area contributed by atoms with Crippen molar-refractivity contribution in [1.29, 1.82) is 0 Å². The number of rotatable bonds is 7. The van der Waals surface area contributed by atoms with Crippen molar-refractivity contribution in [2.45, 2.75) is 70.9 Å². The van der Waals surface area contributed by atoms with E-state index in [2.05, 4.69) is 19.1 Å². The number of allylic oxidation sites excluding steroid dienone is 2. The minimum atomic E-state index is -5.00. The molecular weight excluding hydrogens is 347 g/mol. The minimum Gasteiger partial charge on any atom is -0.206 e. The lowest BCUT2D eigenvalue weighted by molar-refractivity contribution is -0.142. The van der Waals surface area contributed by atoms with Gasteiger partial charge in [0.05, 0.1) is 0 Å². The van der Waals surface area contributed by atoms with Crippen LogP contribution in [-0.4, -0.2) is 0 Å². The summed E-state index contributed by atoms with van der Waals surface area (Å²) in [5, 5.41) is 0. The molecule has 0 spiro atoms. The lowest BCUT2D eigenvalue weighted by atomic mass is 9.78. The Morgan fingerprint density at radius 1 is 0.923 bits per heavy atom. The summed E-state index contributed by atoms with van der Waals surface area (Å²) in [4.78, 5) is 0. The highest BCUT2D eigenvalue weighted by atomic mass is 19.4. The number of aryl methyl sites for hydroxylation is 1. The monoisotopic (exact) mass is 374 g/mol. The molecule has 1 aliphatic carbocycles. The third-order valence-corrected chi connectivity index (χ3v) is 5.34. The number of hydrogen-bond acceptors (Lipinski definition) is 0. The molecule has 0 nitrogen and oxygen atoms in total. The molecule has 0 heterocycles. The zero-order valence-electron chi connectivity index (χ0n) is 15.2. The first-order valence-corrected chi connectivity index (χ1v) is 9.51. The summed E-state index contributed by atoms with van der Waals surface area (Å²) < 4.78 is 65.1. The Labute approximate surface area is 152 Å². The van der Waals surface area contributed by atoms with Gasteiger partial charge in [-0.3, -0.25) is 0 Å². The molecule has 0 atom stereocenters. The Morgan fingerprint density at radius 3 is 1.96 bits per heavy atom. The molecular formula is C21H27F5. The van der Waals surface area contributed by atoms with Gasteiger partial charge < -0.3 is 0 Å². The van der Waals surface area contributed by atoms with E-state index in [0.717, 1.165) is 50.2 Å². The number of hydrogen-bond donors (Lipinski definition) is 0. The van der Waals surface area contributed by atoms with E-state index in [-0.39, 0.29) is 0 Å². The summed E-state index contributed by atoms with van der Waals surface area (Å²) in [6, 6.07) is 1.66. The van der Waals surface area contributed by atoms with Gasteiger partial charge >= 0.3 is 6.18 Å². The molecule has 0 aliphatic heterocycles. The van der Waals surface area contributed by atoms with Crippen LogP contribution >= 0.6 is 0 Å². The van der Waals surface area contributed by atoms with Crippen molar-refractivity contribution in [1.82, 2.24) is 0 Å². The van der Waals surface area contributed by atoms with E-state index in [1.54, 1.807) is 0 Å². The van der Waals surface area contributed by atoms with Gasteiger partial charge in [-0.25, -0.2) is 8.78 Å². The van der Waals surface area contributed by atoms with Gasteiger partial charge in [-0.1, -0.05) is 44.8 Å². The molecule has 0 amide bonds. The van der Waals surface area contributed by atoms with Crippen molar-refractivity contribution < 1.29 is 22.0 Å². The van der Waals surface area contributed by atoms with Crippen LogP contribution in [0.25, 0.3) is 0 Å². The third kappa shape index (κ3) is 6.10. The van der Waals surface area contributed by atoms with Gasteiger partial charge in [0, 0.05) is 0 Å². The SMILES string of the molecule is CC/C=C/CCC1CCC(CCc2cc(F)c(C(F)(F)F)c(F)c2)CC1. The quantitative estimate of drug-likeness (QED) is 0.343. The van der Waals surface area contributed by atoms with E-state index in [0.29, 0.717) is 17.9 Å². The van der Waals surface area contributed by atoms with Crippen LogP contribution in [0.1, 0.15) is 69.4 Å². The molecule has 0 saturated heterocycles. The fraction of sp³-hybridized carbons (Fsp3) is 0.619. The van der Waals surface area contributed by atoms with Crippen LogP contribution in [0.3, 0.4) is 0 Å².